The van der Waals surface area contributed by atoms with E-state index in [2.05, 4.69) is 9.47 Å². The Morgan fingerprint density at radius 2 is 1.34 bits per heavy atom. The Kier molecular flexibility index (Phi) is 7.60. The first-order valence-corrected chi connectivity index (χ1v) is 12.1. The van der Waals surface area contributed by atoms with Crippen molar-refractivity contribution in [2.45, 2.75) is 53.3 Å². The van der Waals surface area contributed by atoms with Crippen LogP contribution in [-0.2, 0) is 29.7 Å². The fourth-order valence-electron chi connectivity index (χ4n) is 4.52. The van der Waals surface area contributed by atoms with Gasteiger partial charge in [0.1, 0.15) is 10.6 Å². The molecule has 0 aliphatic heterocycles. The molecule has 1 aliphatic rings. The third kappa shape index (κ3) is 4.67. The third-order valence-corrected chi connectivity index (χ3v) is 8.84. The summed E-state index contributed by atoms with van der Waals surface area (Å²) in [5, 5.41) is 0. The minimum Gasteiger partial charge on any atom is -0.382 e. The number of hydrogen-bond acceptors (Lipinski definition) is 4. The monoisotopic (exact) mass is 528 g/mol. The van der Waals surface area contributed by atoms with Crippen molar-refractivity contribution in [2.24, 2.45) is 0 Å². The van der Waals surface area contributed by atoms with Crippen molar-refractivity contribution in [2.75, 3.05) is 20.3 Å². The van der Waals surface area contributed by atoms with Gasteiger partial charge in [0.05, 0.1) is 18.1 Å². The Balaban J connectivity index is 2.12. The van der Waals surface area contributed by atoms with Crippen molar-refractivity contribution in [3.05, 3.63) is 65.5 Å². The van der Waals surface area contributed by atoms with E-state index in [9.17, 15) is 39.2 Å². The molecule has 3 rings (SSSR count). The van der Waals surface area contributed by atoms with E-state index in [0.717, 1.165) is 43.5 Å². The largest absolute Gasteiger partial charge is 0.430 e. The zero-order chi connectivity index (χ0) is 26.1. The standard InChI is InChI=1S/C23H23F7O4S/c1-33-14-15-34-21(22(25,26)27,23(28,29)30)17-6-4-16(5-7-17)20(12-2-3-13-20)35(31,32)19-10-8-18(24)9-11-19/h4-11H,2-3,12-15H2,1H3. The first kappa shape index (κ1) is 27.4. The highest BCUT2D eigenvalue weighted by Gasteiger charge is 2.73. The van der Waals surface area contributed by atoms with E-state index in [-0.39, 0.29) is 23.3 Å². The summed E-state index contributed by atoms with van der Waals surface area (Å²) in [6.45, 7) is -1.49. The van der Waals surface area contributed by atoms with Gasteiger partial charge in [-0.05, 0) is 42.7 Å². The van der Waals surface area contributed by atoms with E-state index in [1.54, 1.807) is 0 Å². The Hall–Kier alpha value is -2.18. The molecule has 0 saturated heterocycles. The summed E-state index contributed by atoms with van der Waals surface area (Å²) in [4.78, 5) is -0.187. The van der Waals surface area contributed by atoms with Crippen molar-refractivity contribution in [3.63, 3.8) is 0 Å². The summed E-state index contributed by atoms with van der Waals surface area (Å²) in [7, 11) is -3.05. The van der Waals surface area contributed by atoms with Gasteiger partial charge in [-0.25, -0.2) is 12.8 Å². The van der Waals surface area contributed by atoms with Crippen LogP contribution in [0.15, 0.2) is 53.4 Å². The van der Waals surface area contributed by atoms with Crippen LogP contribution in [0.1, 0.15) is 36.8 Å². The molecule has 0 heterocycles. The van der Waals surface area contributed by atoms with E-state index < -0.39 is 57.1 Å². The topological polar surface area (TPSA) is 52.6 Å². The van der Waals surface area contributed by atoms with E-state index >= 15 is 0 Å². The number of benzene rings is 2. The lowest BCUT2D eigenvalue weighted by atomic mass is 9.88. The minimum atomic E-state index is -5.87. The molecule has 0 aromatic heterocycles. The first-order chi connectivity index (χ1) is 16.2. The summed E-state index contributed by atoms with van der Waals surface area (Å²) in [5.74, 6) is -0.655. The average molecular weight is 528 g/mol. The van der Waals surface area contributed by atoms with Crippen LogP contribution in [0.3, 0.4) is 0 Å². The van der Waals surface area contributed by atoms with E-state index in [4.69, 9.17) is 0 Å². The zero-order valence-electron chi connectivity index (χ0n) is 18.5. The normalized spacial score (nSPS) is 17.0. The summed E-state index contributed by atoms with van der Waals surface area (Å²) >= 11 is 0. The lowest BCUT2D eigenvalue weighted by Gasteiger charge is -2.38. The van der Waals surface area contributed by atoms with Gasteiger partial charge in [0.15, 0.2) is 9.84 Å². The molecule has 35 heavy (non-hydrogen) atoms. The van der Waals surface area contributed by atoms with Crippen LogP contribution >= 0.6 is 0 Å². The fraction of sp³-hybridized carbons (Fsp3) is 0.478. The number of alkyl halides is 6. The van der Waals surface area contributed by atoms with E-state index in [1.165, 1.54) is 0 Å². The Morgan fingerprint density at radius 3 is 1.80 bits per heavy atom. The smallest absolute Gasteiger partial charge is 0.382 e. The van der Waals surface area contributed by atoms with Crippen LogP contribution in [0.5, 0.6) is 0 Å². The highest BCUT2D eigenvalue weighted by Crippen LogP contribution is 2.54. The predicted octanol–water partition coefficient (Wildman–Crippen LogP) is 6.05. The molecule has 4 nitrogen and oxygen atoms in total. The molecule has 0 atom stereocenters. The van der Waals surface area contributed by atoms with Crippen LogP contribution in [-0.4, -0.2) is 41.1 Å². The first-order valence-electron chi connectivity index (χ1n) is 10.6. The molecule has 0 spiro atoms. The molecular weight excluding hydrogens is 505 g/mol. The maximum atomic E-state index is 13.9. The molecule has 0 radical (unpaired) electrons. The molecule has 1 saturated carbocycles. The van der Waals surface area contributed by atoms with Gasteiger partial charge < -0.3 is 9.47 Å². The summed E-state index contributed by atoms with van der Waals surface area (Å²) < 4.78 is 131. The molecule has 1 fully saturated rings. The van der Waals surface area contributed by atoms with Gasteiger partial charge in [-0.15, -0.1) is 0 Å². The summed E-state index contributed by atoms with van der Waals surface area (Å²) in [5.41, 5.74) is -5.81. The molecule has 1 aliphatic carbocycles. The number of ether oxygens (including phenoxy) is 2. The van der Waals surface area contributed by atoms with Crippen LogP contribution in [0, 0.1) is 5.82 Å². The van der Waals surface area contributed by atoms with Crippen molar-refractivity contribution < 1.29 is 48.6 Å². The van der Waals surface area contributed by atoms with E-state index in [0.29, 0.717) is 25.0 Å². The second-order valence-electron chi connectivity index (χ2n) is 8.25. The van der Waals surface area contributed by atoms with Crippen LogP contribution in [0.25, 0.3) is 0 Å². The maximum Gasteiger partial charge on any atom is 0.430 e. The van der Waals surface area contributed by atoms with Crippen molar-refractivity contribution in [1.29, 1.82) is 0 Å². The lowest BCUT2D eigenvalue weighted by Crippen LogP contribution is -2.56. The number of methoxy groups -OCH3 is 1. The van der Waals surface area contributed by atoms with Gasteiger partial charge in [-0.3, -0.25) is 0 Å². The van der Waals surface area contributed by atoms with Gasteiger partial charge in [0.2, 0.25) is 0 Å². The number of hydrogen-bond donors (Lipinski definition) is 0. The maximum absolute atomic E-state index is 13.9. The molecule has 2 aromatic rings. The molecule has 0 unspecified atom stereocenters. The number of rotatable bonds is 8. The lowest BCUT2D eigenvalue weighted by molar-refractivity contribution is -0.390. The molecule has 0 amide bonds. The SMILES string of the molecule is COCCOC(c1ccc(C2(S(=O)(=O)c3ccc(F)cc3)CCCC2)cc1)(C(F)(F)F)C(F)(F)F. The molecule has 12 heteroatoms. The van der Waals surface area contributed by atoms with Gasteiger partial charge in [0.25, 0.3) is 5.60 Å². The van der Waals surface area contributed by atoms with Crippen LogP contribution in [0.4, 0.5) is 30.7 Å². The average Bonchev–Trinajstić information content (AvgIpc) is 3.27. The molecule has 0 N–H and O–H groups in total. The van der Waals surface area contributed by atoms with E-state index in [1.807, 2.05) is 0 Å². The number of sulfone groups is 1. The fourth-order valence-corrected chi connectivity index (χ4v) is 6.74. The summed E-state index contributed by atoms with van der Waals surface area (Å²) in [6.07, 6.45) is -10.5. The van der Waals surface area contributed by atoms with Crippen LogP contribution < -0.4 is 0 Å². The zero-order valence-corrected chi connectivity index (χ0v) is 19.4. The Bertz CT molecular complexity index is 1090. The summed E-state index contributed by atoms with van der Waals surface area (Å²) in [6, 6.07) is 7.24. The van der Waals surface area contributed by atoms with Crippen molar-refractivity contribution in [3.8, 4) is 0 Å². The van der Waals surface area contributed by atoms with Crippen LogP contribution in [0.2, 0.25) is 0 Å². The van der Waals surface area contributed by atoms with Crippen molar-refractivity contribution in [1.82, 2.24) is 0 Å². The van der Waals surface area contributed by atoms with Gasteiger partial charge in [-0.1, -0.05) is 37.1 Å². The van der Waals surface area contributed by atoms with Gasteiger partial charge >= 0.3 is 12.4 Å². The van der Waals surface area contributed by atoms with Crippen molar-refractivity contribution >= 4 is 9.84 Å². The highest BCUT2D eigenvalue weighted by molar-refractivity contribution is 7.92. The minimum absolute atomic E-state index is 0.0539. The predicted molar refractivity (Wildman–Crippen MR) is 112 cm³/mol. The Labute approximate surface area is 198 Å². The molecular formula is C23H23F7O4S. The second kappa shape index (κ2) is 9.70. The quantitative estimate of drug-likeness (QED) is 0.238. The molecule has 0 bridgehead atoms. The molecule has 2 aromatic carbocycles. The van der Waals surface area contributed by atoms with Gasteiger partial charge in [0, 0.05) is 12.7 Å². The third-order valence-electron chi connectivity index (χ3n) is 6.27. The Morgan fingerprint density at radius 1 is 0.829 bits per heavy atom. The highest BCUT2D eigenvalue weighted by atomic mass is 32.2. The number of halogens is 7. The molecule has 194 valence electrons. The van der Waals surface area contributed by atoms with Gasteiger partial charge in [-0.2, -0.15) is 26.3 Å². The second-order valence-corrected chi connectivity index (χ2v) is 10.5.